The summed E-state index contributed by atoms with van der Waals surface area (Å²) in [7, 11) is -8.62. The molecule has 2 rings (SSSR count). The molecule has 0 spiro atoms. The van der Waals surface area contributed by atoms with E-state index >= 15 is 0 Å². The van der Waals surface area contributed by atoms with Crippen molar-refractivity contribution in [2.45, 2.75) is 11.8 Å². The van der Waals surface area contributed by atoms with Gasteiger partial charge >= 0.3 is 10.4 Å². The van der Waals surface area contributed by atoms with E-state index in [9.17, 15) is 21.6 Å². The Labute approximate surface area is 132 Å². The predicted molar refractivity (Wildman–Crippen MR) is 80.7 cm³/mol. The van der Waals surface area contributed by atoms with Crippen LogP contribution in [0.25, 0.3) is 5.69 Å². The maximum absolute atomic E-state index is 12.4. The molecule has 23 heavy (non-hydrogen) atoms. The summed E-state index contributed by atoms with van der Waals surface area (Å²) >= 11 is 0. The van der Waals surface area contributed by atoms with Crippen molar-refractivity contribution in [3.8, 4) is 5.69 Å². The van der Waals surface area contributed by atoms with Crippen LogP contribution >= 0.6 is 0 Å². The molecular weight excluding hydrogens is 348 g/mol. The molecule has 0 aliphatic rings. The van der Waals surface area contributed by atoms with Gasteiger partial charge in [-0.1, -0.05) is 12.1 Å². The lowest BCUT2D eigenvalue weighted by Crippen LogP contribution is -2.18. The van der Waals surface area contributed by atoms with Gasteiger partial charge in [0.15, 0.2) is 9.84 Å². The number of benzene rings is 1. The zero-order chi connectivity index (χ0) is 17.3. The van der Waals surface area contributed by atoms with Crippen molar-refractivity contribution >= 4 is 20.2 Å². The Morgan fingerprint density at radius 2 is 1.87 bits per heavy atom. The summed E-state index contributed by atoms with van der Waals surface area (Å²) in [5.41, 5.74) is 0.343. The first-order valence-corrected chi connectivity index (χ1v) is 9.34. The van der Waals surface area contributed by atoms with Crippen LogP contribution < -0.4 is 5.56 Å². The average molecular weight is 362 g/mol. The number of hydrogen-bond acceptors (Lipinski definition) is 6. The molecule has 9 nitrogen and oxygen atoms in total. The molecule has 1 heterocycles. The first-order valence-electron chi connectivity index (χ1n) is 6.33. The van der Waals surface area contributed by atoms with Crippen LogP contribution in [-0.4, -0.2) is 43.5 Å². The number of aromatic nitrogens is 2. The molecule has 0 aliphatic carbocycles. The minimum atomic E-state index is -4.71. The zero-order valence-corrected chi connectivity index (χ0v) is 13.6. The highest BCUT2D eigenvalue weighted by molar-refractivity contribution is 7.91. The number of rotatable bonds is 6. The molecule has 0 bridgehead atoms. The van der Waals surface area contributed by atoms with Crippen LogP contribution in [0.4, 0.5) is 0 Å². The number of para-hydroxylation sites is 1. The van der Waals surface area contributed by atoms with Crippen LogP contribution in [0.15, 0.2) is 40.0 Å². The van der Waals surface area contributed by atoms with Gasteiger partial charge in [-0.05, 0) is 19.1 Å². The van der Waals surface area contributed by atoms with Crippen molar-refractivity contribution in [1.29, 1.82) is 0 Å². The van der Waals surface area contributed by atoms with Crippen molar-refractivity contribution < 1.29 is 25.6 Å². The third-order valence-corrected chi connectivity index (χ3v) is 5.12. The Kier molecular flexibility index (Phi) is 4.75. The van der Waals surface area contributed by atoms with Crippen molar-refractivity contribution in [3.63, 3.8) is 0 Å². The van der Waals surface area contributed by atoms with Crippen LogP contribution in [-0.2, 0) is 24.4 Å². The number of sulfone groups is 1. The van der Waals surface area contributed by atoms with Crippen molar-refractivity contribution in [2.75, 3.05) is 12.4 Å². The molecule has 126 valence electrons. The highest BCUT2D eigenvalue weighted by Gasteiger charge is 2.21. The minimum Gasteiger partial charge on any atom is -0.268 e. The summed E-state index contributed by atoms with van der Waals surface area (Å²) in [5.74, 6) is -0.658. The topological polar surface area (TPSA) is 136 Å². The minimum absolute atomic E-state index is 0.103. The van der Waals surface area contributed by atoms with Gasteiger partial charge in [-0.2, -0.15) is 8.42 Å². The monoisotopic (exact) mass is 362 g/mol. The van der Waals surface area contributed by atoms with Gasteiger partial charge in [0, 0.05) is 11.8 Å². The van der Waals surface area contributed by atoms with Gasteiger partial charge < -0.3 is 0 Å². The molecule has 0 saturated heterocycles. The summed E-state index contributed by atoms with van der Waals surface area (Å²) in [6.45, 7) is 0.902. The van der Waals surface area contributed by atoms with Gasteiger partial charge in [0.1, 0.15) is 0 Å². The fourth-order valence-electron chi connectivity index (χ4n) is 2.00. The van der Waals surface area contributed by atoms with E-state index in [2.05, 4.69) is 9.28 Å². The Bertz CT molecular complexity index is 971. The number of H-pyrrole nitrogens is 1. The maximum atomic E-state index is 12.4. The lowest BCUT2D eigenvalue weighted by atomic mass is 10.3. The number of nitrogens with one attached hydrogen (secondary N) is 1. The van der Waals surface area contributed by atoms with E-state index < -0.39 is 32.6 Å². The maximum Gasteiger partial charge on any atom is 0.397 e. The number of hydrogen-bond donors (Lipinski definition) is 2. The lowest BCUT2D eigenvalue weighted by molar-refractivity contribution is 0.284. The van der Waals surface area contributed by atoms with Gasteiger partial charge in [-0.15, -0.1) is 0 Å². The van der Waals surface area contributed by atoms with E-state index in [1.807, 2.05) is 0 Å². The van der Waals surface area contributed by atoms with Crippen LogP contribution in [0.3, 0.4) is 0 Å². The third kappa shape index (κ3) is 4.28. The van der Waals surface area contributed by atoms with Crippen molar-refractivity contribution in [2.24, 2.45) is 0 Å². The second kappa shape index (κ2) is 6.28. The highest BCUT2D eigenvalue weighted by atomic mass is 32.3. The normalized spacial score (nSPS) is 12.4. The molecule has 0 amide bonds. The largest absolute Gasteiger partial charge is 0.397 e. The highest BCUT2D eigenvalue weighted by Crippen LogP contribution is 2.21. The quantitative estimate of drug-likeness (QED) is 0.694. The average Bonchev–Trinajstić information content (AvgIpc) is 2.76. The Balaban J connectivity index is 2.40. The van der Waals surface area contributed by atoms with E-state index in [4.69, 9.17) is 4.55 Å². The van der Waals surface area contributed by atoms with E-state index in [-0.39, 0.29) is 16.1 Å². The summed E-state index contributed by atoms with van der Waals surface area (Å²) in [6.07, 6.45) is 0. The van der Waals surface area contributed by atoms with E-state index in [1.54, 1.807) is 13.0 Å². The molecule has 1 aromatic carbocycles. The van der Waals surface area contributed by atoms with Gasteiger partial charge in [0.05, 0.1) is 22.9 Å². The van der Waals surface area contributed by atoms with Gasteiger partial charge in [-0.3, -0.25) is 19.1 Å². The predicted octanol–water partition coefficient (Wildman–Crippen LogP) is 0.0671. The number of aryl methyl sites for hydroxylation is 1. The second-order valence-corrected chi connectivity index (χ2v) is 7.80. The van der Waals surface area contributed by atoms with E-state index in [0.717, 1.165) is 0 Å². The first kappa shape index (κ1) is 17.4. The fraction of sp³-hybridized carbons (Fsp3) is 0.250. The standard InChI is InChI=1S/C12H14N2O7S2/c1-9-8-12(15)13-14(9)10-4-2-3-5-11(10)22(16,17)7-6-21-23(18,19)20/h2-5,8H,6-7H2,1H3,(H,13,15)(H,18,19,20). The molecule has 11 heteroatoms. The van der Waals surface area contributed by atoms with Crippen molar-refractivity contribution in [1.82, 2.24) is 9.78 Å². The summed E-state index contributed by atoms with van der Waals surface area (Å²) in [6, 6.07) is 7.23. The lowest BCUT2D eigenvalue weighted by Gasteiger charge is -2.12. The fourth-order valence-corrected chi connectivity index (χ4v) is 3.69. The second-order valence-electron chi connectivity index (χ2n) is 4.63. The van der Waals surface area contributed by atoms with Crippen LogP contribution in [0.2, 0.25) is 0 Å². The van der Waals surface area contributed by atoms with Gasteiger partial charge in [0.25, 0.3) is 5.56 Å². The summed E-state index contributed by atoms with van der Waals surface area (Å²) < 4.78 is 59.5. The number of aromatic amines is 1. The van der Waals surface area contributed by atoms with Gasteiger partial charge in [0.2, 0.25) is 0 Å². The van der Waals surface area contributed by atoms with Crippen LogP contribution in [0, 0.1) is 6.92 Å². The smallest absolute Gasteiger partial charge is 0.268 e. The van der Waals surface area contributed by atoms with E-state index in [0.29, 0.717) is 5.69 Å². The van der Waals surface area contributed by atoms with Crippen molar-refractivity contribution in [3.05, 3.63) is 46.4 Å². The van der Waals surface area contributed by atoms with Gasteiger partial charge in [-0.25, -0.2) is 12.6 Å². The molecule has 1 aromatic heterocycles. The summed E-state index contributed by atoms with van der Waals surface area (Å²) in [4.78, 5) is 11.3. The summed E-state index contributed by atoms with van der Waals surface area (Å²) in [5, 5.41) is 2.48. The SMILES string of the molecule is Cc1cc(=O)[nH]n1-c1ccccc1S(=O)(=O)CCOS(=O)(=O)O. The van der Waals surface area contributed by atoms with Crippen LogP contribution in [0.5, 0.6) is 0 Å². The Hall–Kier alpha value is -1.95. The number of nitrogens with zero attached hydrogens (tertiary/aromatic N) is 1. The third-order valence-electron chi connectivity index (χ3n) is 2.94. The molecule has 2 N–H and O–H groups in total. The first-order chi connectivity index (χ1) is 10.6. The Morgan fingerprint density at radius 1 is 1.22 bits per heavy atom. The molecule has 2 aromatic rings. The molecule has 0 saturated carbocycles. The molecule has 0 unspecified atom stereocenters. The van der Waals surface area contributed by atoms with Crippen LogP contribution in [0.1, 0.15) is 5.69 Å². The molecule has 0 fully saturated rings. The van der Waals surface area contributed by atoms with E-state index in [1.165, 1.54) is 28.9 Å². The zero-order valence-electron chi connectivity index (χ0n) is 12.0. The molecule has 0 radical (unpaired) electrons. The molecule has 0 aliphatic heterocycles. The molecule has 0 atom stereocenters. The Morgan fingerprint density at radius 3 is 2.43 bits per heavy atom. The molecular formula is C12H14N2O7S2.